The van der Waals surface area contributed by atoms with E-state index in [1.807, 2.05) is 32.2 Å². The van der Waals surface area contributed by atoms with Gasteiger partial charge in [0.25, 0.3) is 0 Å². The van der Waals surface area contributed by atoms with Gasteiger partial charge in [0.15, 0.2) is 0 Å². The highest BCUT2D eigenvalue weighted by Gasteiger charge is 2.28. The normalized spacial score (nSPS) is 17.2. The number of anilines is 1. The standard InChI is InChI=1S/C15H18N4O2/c1-11-10-19(13-4-3-8-16-15(13)21-11)14(20)6-5-12-7-9-17-18(12)2/h3-4,7-9,11H,5-6,10H2,1-2H3. The van der Waals surface area contributed by atoms with Crippen LogP contribution in [-0.2, 0) is 18.3 Å². The van der Waals surface area contributed by atoms with Crippen LogP contribution in [0.2, 0.25) is 0 Å². The smallest absolute Gasteiger partial charge is 0.238 e. The minimum atomic E-state index is -0.0481. The second-order valence-corrected chi connectivity index (χ2v) is 5.21. The van der Waals surface area contributed by atoms with E-state index in [1.54, 1.807) is 22.0 Å². The Hall–Kier alpha value is -2.37. The molecule has 0 fully saturated rings. The molecule has 3 heterocycles. The maximum atomic E-state index is 12.5. The topological polar surface area (TPSA) is 60.2 Å². The van der Waals surface area contributed by atoms with Crippen LogP contribution in [0.4, 0.5) is 5.69 Å². The van der Waals surface area contributed by atoms with Gasteiger partial charge in [0, 0.05) is 31.6 Å². The Morgan fingerprint density at radius 1 is 1.43 bits per heavy atom. The lowest BCUT2D eigenvalue weighted by molar-refractivity contribution is -0.119. The van der Waals surface area contributed by atoms with Crippen molar-refractivity contribution in [2.75, 3.05) is 11.4 Å². The maximum Gasteiger partial charge on any atom is 0.238 e. The molecule has 0 aromatic carbocycles. The molecule has 1 amide bonds. The highest BCUT2D eigenvalue weighted by molar-refractivity contribution is 5.95. The molecular formula is C15H18N4O2. The number of carbonyl (C=O) groups excluding carboxylic acids is 1. The van der Waals surface area contributed by atoms with Crippen LogP contribution in [0.5, 0.6) is 5.88 Å². The number of hydrogen-bond acceptors (Lipinski definition) is 4. The van der Waals surface area contributed by atoms with Gasteiger partial charge in [-0.25, -0.2) is 4.98 Å². The van der Waals surface area contributed by atoms with Crippen molar-refractivity contribution in [3.63, 3.8) is 0 Å². The van der Waals surface area contributed by atoms with Crippen molar-refractivity contribution in [3.05, 3.63) is 36.3 Å². The summed E-state index contributed by atoms with van der Waals surface area (Å²) in [6.07, 6.45) is 4.50. The van der Waals surface area contributed by atoms with Crippen molar-refractivity contribution >= 4 is 11.6 Å². The summed E-state index contributed by atoms with van der Waals surface area (Å²) in [5, 5.41) is 4.12. The molecule has 6 heteroatoms. The molecule has 0 spiro atoms. The zero-order valence-corrected chi connectivity index (χ0v) is 12.2. The fourth-order valence-electron chi connectivity index (χ4n) is 2.51. The quantitative estimate of drug-likeness (QED) is 0.859. The molecule has 6 nitrogen and oxygen atoms in total. The van der Waals surface area contributed by atoms with E-state index in [0.717, 1.165) is 11.4 Å². The first-order valence-electron chi connectivity index (χ1n) is 7.04. The van der Waals surface area contributed by atoms with Gasteiger partial charge >= 0.3 is 0 Å². The van der Waals surface area contributed by atoms with Gasteiger partial charge < -0.3 is 9.64 Å². The van der Waals surface area contributed by atoms with Crippen LogP contribution in [-0.4, -0.2) is 33.3 Å². The fourth-order valence-corrected chi connectivity index (χ4v) is 2.51. The summed E-state index contributed by atoms with van der Waals surface area (Å²) in [6, 6.07) is 5.63. The fraction of sp³-hybridized carbons (Fsp3) is 0.400. The first-order valence-corrected chi connectivity index (χ1v) is 7.04. The van der Waals surface area contributed by atoms with Crippen LogP contribution in [0.15, 0.2) is 30.6 Å². The number of aromatic nitrogens is 3. The van der Waals surface area contributed by atoms with E-state index in [1.165, 1.54) is 0 Å². The number of hydrogen-bond donors (Lipinski definition) is 0. The van der Waals surface area contributed by atoms with Gasteiger partial charge in [-0.15, -0.1) is 0 Å². The predicted octanol–water partition coefficient (Wildman–Crippen LogP) is 1.56. The minimum Gasteiger partial charge on any atom is -0.471 e. The predicted molar refractivity (Wildman–Crippen MR) is 78.2 cm³/mol. The molecule has 2 aromatic heterocycles. The Morgan fingerprint density at radius 3 is 3.05 bits per heavy atom. The third-order valence-electron chi connectivity index (χ3n) is 3.61. The molecule has 21 heavy (non-hydrogen) atoms. The van der Waals surface area contributed by atoms with E-state index in [-0.39, 0.29) is 12.0 Å². The summed E-state index contributed by atoms with van der Waals surface area (Å²) in [6.45, 7) is 2.50. The van der Waals surface area contributed by atoms with E-state index >= 15 is 0 Å². The summed E-state index contributed by atoms with van der Waals surface area (Å²) >= 11 is 0. The molecule has 0 N–H and O–H groups in total. The lowest BCUT2D eigenvalue weighted by Crippen LogP contribution is -2.42. The van der Waals surface area contributed by atoms with E-state index in [4.69, 9.17) is 4.74 Å². The Kier molecular flexibility index (Phi) is 3.60. The summed E-state index contributed by atoms with van der Waals surface area (Å²) in [5.74, 6) is 0.616. The number of fused-ring (bicyclic) bond motifs is 1. The number of amides is 1. The zero-order valence-electron chi connectivity index (χ0n) is 12.2. The van der Waals surface area contributed by atoms with E-state index in [2.05, 4.69) is 10.1 Å². The van der Waals surface area contributed by atoms with Crippen LogP contribution >= 0.6 is 0 Å². The summed E-state index contributed by atoms with van der Waals surface area (Å²) in [4.78, 5) is 18.5. The van der Waals surface area contributed by atoms with E-state index < -0.39 is 0 Å². The molecule has 2 aromatic rings. The Morgan fingerprint density at radius 2 is 2.29 bits per heavy atom. The number of ether oxygens (including phenoxy) is 1. The van der Waals surface area contributed by atoms with Crippen molar-refractivity contribution in [1.29, 1.82) is 0 Å². The van der Waals surface area contributed by atoms with Gasteiger partial charge in [-0.3, -0.25) is 9.48 Å². The number of pyridine rings is 1. The van der Waals surface area contributed by atoms with Gasteiger partial charge in [0.05, 0.1) is 6.54 Å². The average Bonchev–Trinajstić information content (AvgIpc) is 2.89. The average molecular weight is 286 g/mol. The minimum absolute atomic E-state index is 0.0481. The van der Waals surface area contributed by atoms with E-state index in [0.29, 0.717) is 25.3 Å². The first kappa shape index (κ1) is 13.6. The SMILES string of the molecule is CC1CN(C(=O)CCc2ccnn2C)c2cccnc2O1. The molecule has 0 saturated carbocycles. The highest BCUT2D eigenvalue weighted by atomic mass is 16.5. The largest absolute Gasteiger partial charge is 0.471 e. The molecule has 1 unspecified atom stereocenters. The van der Waals surface area contributed by atoms with Crippen LogP contribution in [0.25, 0.3) is 0 Å². The third-order valence-corrected chi connectivity index (χ3v) is 3.61. The lowest BCUT2D eigenvalue weighted by Gasteiger charge is -2.32. The Bertz CT molecular complexity index is 653. The van der Waals surface area contributed by atoms with Crippen LogP contribution in [0, 0.1) is 0 Å². The number of aryl methyl sites for hydroxylation is 2. The zero-order chi connectivity index (χ0) is 14.8. The second kappa shape index (κ2) is 5.55. The molecule has 1 atom stereocenters. The van der Waals surface area contributed by atoms with Crippen molar-refractivity contribution < 1.29 is 9.53 Å². The first-order chi connectivity index (χ1) is 10.1. The molecule has 1 aliphatic heterocycles. The molecule has 0 bridgehead atoms. The molecular weight excluding hydrogens is 268 g/mol. The van der Waals surface area contributed by atoms with Gasteiger partial charge in [-0.1, -0.05) is 0 Å². The van der Waals surface area contributed by atoms with Gasteiger partial charge in [-0.2, -0.15) is 5.10 Å². The Labute approximate surface area is 123 Å². The monoisotopic (exact) mass is 286 g/mol. The Balaban J connectivity index is 1.74. The van der Waals surface area contributed by atoms with Gasteiger partial charge in [-0.05, 0) is 31.5 Å². The highest BCUT2D eigenvalue weighted by Crippen LogP contribution is 2.31. The van der Waals surface area contributed by atoms with Gasteiger partial charge in [0.1, 0.15) is 11.8 Å². The van der Waals surface area contributed by atoms with Crippen molar-refractivity contribution in [2.24, 2.45) is 7.05 Å². The maximum absolute atomic E-state index is 12.5. The van der Waals surface area contributed by atoms with Crippen LogP contribution < -0.4 is 9.64 Å². The summed E-state index contributed by atoms with van der Waals surface area (Å²) in [5.41, 5.74) is 1.81. The van der Waals surface area contributed by atoms with Crippen molar-refractivity contribution in [1.82, 2.24) is 14.8 Å². The number of nitrogens with zero attached hydrogens (tertiary/aromatic N) is 4. The summed E-state index contributed by atoms with van der Waals surface area (Å²) < 4.78 is 7.46. The van der Waals surface area contributed by atoms with Gasteiger partial charge in [0.2, 0.25) is 11.8 Å². The second-order valence-electron chi connectivity index (χ2n) is 5.21. The van der Waals surface area contributed by atoms with Crippen molar-refractivity contribution in [3.8, 4) is 5.88 Å². The van der Waals surface area contributed by atoms with E-state index in [9.17, 15) is 4.79 Å². The van der Waals surface area contributed by atoms with Crippen LogP contribution in [0.1, 0.15) is 19.0 Å². The molecule has 0 aliphatic carbocycles. The van der Waals surface area contributed by atoms with Crippen LogP contribution in [0.3, 0.4) is 0 Å². The molecule has 3 rings (SSSR count). The molecule has 1 aliphatic rings. The summed E-state index contributed by atoms with van der Waals surface area (Å²) in [7, 11) is 1.88. The number of carbonyl (C=O) groups is 1. The van der Waals surface area contributed by atoms with Crippen molar-refractivity contribution in [2.45, 2.75) is 25.9 Å². The lowest BCUT2D eigenvalue weighted by atomic mass is 10.2. The molecule has 0 saturated heterocycles. The molecule has 0 radical (unpaired) electrons. The third kappa shape index (κ3) is 2.74. The number of rotatable bonds is 3. The molecule has 110 valence electrons.